The largest absolute Gasteiger partial charge is 0.456 e. The third-order valence-electron chi connectivity index (χ3n) is 2.37. The lowest BCUT2D eigenvalue weighted by atomic mass is 10.3. The van der Waals surface area contributed by atoms with Gasteiger partial charge < -0.3 is 19.3 Å². The SMILES string of the molecule is Cc1ccc(O/C=C/c2ccc([N+](=O)[O-])o2)c([N+](=O)[O-])n1. The molecule has 0 aliphatic rings. The quantitative estimate of drug-likeness (QED) is 0.471. The fourth-order valence-corrected chi connectivity index (χ4v) is 1.46. The highest BCUT2D eigenvalue weighted by Crippen LogP contribution is 2.25. The van der Waals surface area contributed by atoms with Gasteiger partial charge >= 0.3 is 11.7 Å². The third kappa shape index (κ3) is 3.41. The summed E-state index contributed by atoms with van der Waals surface area (Å²) in [5.74, 6) is -0.671. The molecule has 0 aliphatic carbocycles. The molecule has 0 amide bonds. The van der Waals surface area contributed by atoms with Gasteiger partial charge in [-0.3, -0.25) is 10.1 Å². The van der Waals surface area contributed by atoms with Gasteiger partial charge in [0.2, 0.25) is 5.75 Å². The smallest absolute Gasteiger partial charge is 0.433 e. The molecule has 0 spiro atoms. The summed E-state index contributed by atoms with van der Waals surface area (Å²) in [6.45, 7) is 1.62. The molecule has 0 fully saturated rings. The van der Waals surface area contributed by atoms with E-state index >= 15 is 0 Å². The predicted molar refractivity (Wildman–Crippen MR) is 70.7 cm³/mol. The second kappa shape index (κ2) is 5.82. The molecule has 0 bridgehead atoms. The van der Waals surface area contributed by atoms with Crippen molar-refractivity contribution in [2.45, 2.75) is 6.92 Å². The van der Waals surface area contributed by atoms with Crippen molar-refractivity contribution >= 4 is 17.8 Å². The lowest BCUT2D eigenvalue weighted by Gasteiger charge is -2.00. The molecule has 2 aromatic rings. The maximum absolute atomic E-state index is 10.8. The number of rotatable bonds is 5. The van der Waals surface area contributed by atoms with E-state index in [9.17, 15) is 20.2 Å². The summed E-state index contributed by atoms with van der Waals surface area (Å²) in [5, 5.41) is 21.3. The van der Waals surface area contributed by atoms with E-state index in [1.54, 1.807) is 13.0 Å². The molecule has 9 nitrogen and oxygen atoms in total. The molecule has 2 aromatic heterocycles. The molecule has 0 saturated heterocycles. The number of furan rings is 1. The molecule has 0 atom stereocenters. The zero-order valence-electron chi connectivity index (χ0n) is 10.8. The van der Waals surface area contributed by atoms with Crippen molar-refractivity contribution in [1.29, 1.82) is 0 Å². The molecule has 0 unspecified atom stereocenters. The first-order valence-electron chi connectivity index (χ1n) is 5.67. The minimum atomic E-state index is -0.674. The molecular weight excluding hydrogens is 282 g/mol. The van der Waals surface area contributed by atoms with Crippen molar-refractivity contribution in [2.75, 3.05) is 0 Å². The maximum Gasteiger partial charge on any atom is 0.433 e. The number of nitro groups is 2. The van der Waals surface area contributed by atoms with Crippen molar-refractivity contribution in [3.05, 3.63) is 62.2 Å². The maximum atomic E-state index is 10.8. The van der Waals surface area contributed by atoms with Crippen LogP contribution in [0.25, 0.3) is 6.08 Å². The Morgan fingerprint density at radius 3 is 2.57 bits per heavy atom. The first-order chi connectivity index (χ1) is 9.97. The van der Waals surface area contributed by atoms with Crippen molar-refractivity contribution in [3.63, 3.8) is 0 Å². The minimum Gasteiger partial charge on any atom is -0.456 e. The van der Waals surface area contributed by atoms with Gasteiger partial charge in [0, 0.05) is 13.0 Å². The van der Waals surface area contributed by atoms with Gasteiger partial charge in [0.15, 0.2) is 0 Å². The topological polar surface area (TPSA) is 122 Å². The summed E-state index contributed by atoms with van der Waals surface area (Å²) in [6.07, 6.45) is 2.43. The summed E-state index contributed by atoms with van der Waals surface area (Å²) >= 11 is 0. The van der Waals surface area contributed by atoms with Crippen LogP contribution in [-0.2, 0) is 0 Å². The number of pyridine rings is 1. The number of ether oxygens (including phenoxy) is 1. The molecule has 0 radical (unpaired) electrons. The third-order valence-corrected chi connectivity index (χ3v) is 2.37. The van der Waals surface area contributed by atoms with E-state index in [0.29, 0.717) is 5.69 Å². The van der Waals surface area contributed by atoms with E-state index < -0.39 is 21.5 Å². The van der Waals surface area contributed by atoms with Gasteiger partial charge in [0.25, 0.3) is 0 Å². The zero-order chi connectivity index (χ0) is 15.4. The van der Waals surface area contributed by atoms with Crippen LogP contribution in [0.2, 0.25) is 0 Å². The standard InChI is InChI=1S/C12H9N3O6/c1-8-2-4-10(12(13-8)15(18)19)20-7-6-9-3-5-11(21-9)14(16)17/h2-7H,1H3/b7-6+. The van der Waals surface area contributed by atoms with Gasteiger partial charge in [-0.15, -0.1) is 0 Å². The molecule has 0 aromatic carbocycles. The van der Waals surface area contributed by atoms with Gasteiger partial charge in [-0.1, -0.05) is 0 Å². The Hall–Kier alpha value is -3.23. The van der Waals surface area contributed by atoms with E-state index in [2.05, 4.69) is 4.98 Å². The van der Waals surface area contributed by atoms with Crippen LogP contribution < -0.4 is 4.74 Å². The molecule has 9 heteroatoms. The van der Waals surface area contributed by atoms with Gasteiger partial charge in [-0.25, -0.2) is 0 Å². The molecule has 0 saturated carbocycles. The van der Waals surface area contributed by atoms with Crippen LogP contribution >= 0.6 is 0 Å². The highest BCUT2D eigenvalue weighted by molar-refractivity contribution is 5.46. The Morgan fingerprint density at radius 1 is 1.19 bits per heavy atom. The van der Waals surface area contributed by atoms with Crippen LogP contribution in [0.5, 0.6) is 5.75 Å². The van der Waals surface area contributed by atoms with E-state index in [1.807, 2.05) is 0 Å². The highest BCUT2D eigenvalue weighted by atomic mass is 16.6. The van der Waals surface area contributed by atoms with Gasteiger partial charge in [0.05, 0.1) is 12.3 Å². The van der Waals surface area contributed by atoms with E-state index in [-0.39, 0.29) is 11.5 Å². The first-order valence-corrected chi connectivity index (χ1v) is 5.67. The summed E-state index contributed by atoms with van der Waals surface area (Å²) in [4.78, 5) is 23.7. The van der Waals surface area contributed by atoms with Crippen LogP contribution in [-0.4, -0.2) is 14.8 Å². The molecule has 21 heavy (non-hydrogen) atoms. The van der Waals surface area contributed by atoms with Crippen LogP contribution in [0.15, 0.2) is 34.9 Å². The highest BCUT2D eigenvalue weighted by Gasteiger charge is 2.17. The normalized spacial score (nSPS) is 10.7. The predicted octanol–water partition coefficient (Wildman–Crippen LogP) is 2.85. The molecular formula is C12H9N3O6. The minimum absolute atomic E-state index is 0.0390. The second-order valence-corrected chi connectivity index (χ2v) is 3.89. The summed E-state index contributed by atoms with van der Waals surface area (Å²) < 4.78 is 9.98. The van der Waals surface area contributed by atoms with Gasteiger partial charge in [0.1, 0.15) is 16.4 Å². The summed E-state index contributed by atoms with van der Waals surface area (Å²) in [5.41, 5.74) is 0.486. The Labute approximate surface area is 117 Å². The average Bonchev–Trinajstić information content (AvgIpc) is 2.89. The van der Waals surface area contributed by atoms with Crippen LogP contribution in [0.3, 0.4) is 0 Å². The number of hydrogen-bond donors (Lipinski definition) is 0. The monoisotopic (exact) mass is 291 g/mol. The van der Waals surface area contributed by atoms with E-state index in [4.69, 9.17) is 9.15 Å². The number of hydrogen-bond acceptors (Lipinski definition) is 7. The average molecular weight is 291 g/mol. The Kier molecular flexibility index (Phi) is 3.93. The van der Waals surface area contributed by atoms with Crippen LogP contribution in [0.4, 0.5) is 11.7 Å². The first kappa shape index (κ1) is 14.2. The van der Waals surface area contributed by atoms with Crippen LogP contribution in [0.1, 0.15) is 11.5 Å². The molecule has 0 N–H and O–H groups in total. The molecule has 2 rings (SSSR count). The van der Waals surface area contributed by atoms with Crippen molar-refractivity contribution in [2.24, 2.45) is 0 Å². The Bertz CT molecular complexity index is 722. The lowest BCUT2D eigenvalue weighted by molar-refractivity contribution is -0.402. The number of nitrogens with zero attached hydrogens (tertiary/aromatic N) is 3. The molecule has 108 valence electrons. The van der Waals surface area contributed by atoms with Gasteiger partial charge in [-0.2, -0.15) is 0 Å². The van der Waals surface area contributed by atoms with E-state index in [0.717, 1.165) is 6.26 Å². The fraction of sp³-hybridized carbons (Fsp3) is 0.0833. The second-order valence-electron chi connectivity index (χ2n) is 3.89. The summed E-state index contributed by atoms with van der Waals surface area (Å²) in [6, 6.07) is 5.54. The van der Waals surface area contributed by atoms with Crippen molar-refractivity contribution in [3.8, 4) is 5.75 Å². The zero-order valence-corrected chi connectivity index (χ0v) is 10.8. The van der Waals surface area contributed by atoms with Gasteiger partial charge in [-0.05, 0) is 28.1 Å². The number of aryl methyl sites for hydroxylation is 1. The Balaban J connectivity index is 2.13. The summed E-state index contributed by atoms with van der Waals surface area (Å²) in [7, 11) is 0. The van der Waals surface area contributed by atoms with Crippen molar-refractivity contribution < 1.29 is 19.0 Å². The molecule has 2 heterocycles. The van der Waals surface area contributed by atoms with Crippen LogP contribution in [0, 0.1) is 27.2 Å². The fourth-order valence-electron chi connectivity index (χ4n) is 1.46. The van der Waals surface area contributed by atoms with Crippen molar-refractivity contribution in [1.82, 2.24) is 4.98 Å². The lowest BCUT2D eigenvalue weighted by Crippen LogP contribution is -1.97. The molecule has 0 aliphatic heterocycles. The van der Waals surface area contributed by atoms with E-state index in [1.165, 1.54) is 24.3 Å². The number of aromatic nitrogens is 1. The Morgan fingerprint density at radius 2 is 1.95 bits per heavy atom.